The lowest BCUT2D eigenvalue weighted by Crippen LogP contribution is -2.17. The van der Waals surface area contributed by atoms with Gasteiger partial charge >= 0.3 is 0 Å². The molecule has 0 unspecified atom stereocenters. The number of hydrogen-bond acceptors (Lipinski definition) is 4. The minimum absolute atomic E-state index is 0.643. The Balaban J connectivity index is 2.34. The molecular weight excluding hydrogens is 98.1 g/mol. The van der Waals surface area contributed by atoms with Crippen molar-refractivity contribution in [1.82, 2.24) is 4.72 Å². The van der Waals surface area contributed by atoms with Gasteiger partial charge in [0.25, 0.3) is 0 Å². The summed E-state index contributed by atoms with van der Waals surface area (Å²) in [5.41, 5.74) is 5.08. The van der Waals surface area contributed by atoms with Crippen LogP contribution >= 0.6 is 12.1 Å². The average Bonchev–Trinajstić information content (AvgIpc) is 1.61. The van der Waals surface area contributed by atoms with Gasteiger partial charge in [0.15, 0.2) is 0 Å². The van der Waals surface area contributed by atoms with Gasteiger partial charge in [-0.05, 0) is 0 Å². The van der Waals surface area contributed by atoms with Crippen molar-refractivity contribution >= 4 is 12.1 Å². The van der Waals surface area contributed by atoms with Gasteiger partial charge in [-0.2, -0.15) is 0 Å². The molecular formula is C2H9N3S. The average molecular weight is 107 g/mol. The van der Waals surface area contributed by atoms with Crippen molar-refractivity contribution in [3.05, 3.63) is 0 Å². The molecule has 0 aromatic carbocycles. The lowest BCUT2D eigenvalue weighted by Gasteiger charge is -1.90. The lowest BCUT2D eigenvalue weighted by atomic mass is 10.7. The Labute approximate surface area is 41.7 Å². The van der Waals surface area contributed by atoms with Crippen LogP contribution in [0.15, 0.2) is 0 Å². The highest BCUT2D eigenvalue weighted by molar-refractivity contribution is 7.95. The van der Waals surface area contributed by atoms with Crippen molar-refractivity contribution in [2.75, 3.05) is 13.1 Å². The van der Waals surface area contributed by atoms with Gasteiger partial charge in [0.05, 0.1) is 0 Å². The number of hydrogen-bond donors (Lipinski definition) is 3. The molecule has 0 aliphatic rings. The van der Waals surface area contributed by atoms with Crippen molar-refractivity contribution in [2.45, 2.75) is 0 Å². The fourth-order valence-electron chi connectivity index (χ4n) is 0.118. The molecule has 0 aliphatic carbocycles. The summed E-state index contributed by atoms with van der Waals surface area (Å²) < 4.78 is 2.77. The summed E-state index contributed by atoms with van der Waals surface area (Å²) >= 11 is 1.10. The maximum atomic E-state index is 5.08. The van der Waals surface area contributed by atoms with E-state index >= 15 is 0 Å². The predicted molar refractivity (Wildman–Crippen MR) is 28.8 cm³/mol. The van der Waals surface area contributed by atoms with Gasteiger partial charge < -0.3 is 5.73 Å². The Morgan fingerprint density at radius 1 is 1.67 bits per heavy atom. The molecule has 6 heavy (non-hydrogen) atoms. The second kappa shape index (κ2) is 5.23. The van der Waals surface area contributed by atoms with Gasteiger partial charge in [-0.1, -0.05) is 0 Å². The molecule has 0 spiro atoms. The smallest absolute Gasteiger partial charge is 0.0194 e. The molecule has 0 saturated carbocycles. The van der Waals surface area contributed by atoms with Crippen LogP contribution in [-0.4, -0.2) is 13.1 Å². The molecule has 0 bridgehead atoms. The molecule has 0 radical (unpaired) electrons. The number of rotatable bonds is 3. The van der Waals surface area contributed by atoms with Gasteiger partial charge in [-0.3, -0.25) is 5.14 Å². The molecule has 0 saturated heterocycles. The van der Waals surface area contributed by atoms with Crippen molar-refractivity contribution in [3.8, 4) is 0 Å². The van der Waals surface area contributed by atoms with Crippen molar-refractivity contribution < 1.29 is 0 Å². The molecule has 38 valence electrons. The van der Waals surface area contributed by atoms with Gasteiger partial charge in [0.1, 0.15) is 0 Å². The third-order valence-electron chi connectivity index (χ3n) is 0.330. The van der Waals surface area contributed by atoms with Crippen LogP contribution in [0.2, 0.25) is 0 Å². The molecule has 3 nitrogen and oxygen atoms in total. The molecule has 4 heteroatoms. The summed E-state index contributed by atoms with van der Waals surface area (Å²) in [5.74, 6) is 0. The Morgan fingerprint density at radius 3 is 2.50 bits per heavy atom. The Kier molecular flexibility index (Phi) is 5.43. The summed E-state index contributed by atoms with van der Waals surface area (Å²) in [7, 11) is 0. The lowest BCUT2D eigenvalue weighted by molar-refractivity contribution is 0.918. The maximum absolute atomic E-state index is 5.08. The largest absolute Gasteiger partial charge is 0.329 e. The molecule has 0 rings (SSSR count). The molecule has 0 amide bonds. The van der Waals surface area contributed by atoms with E-state index in [0.717, 1.165) is 18.7 Å². The third-order valence-corrected chi connectivity index (χ3v) is 0.701. The van der Waals surface area contributed by atoms with E-state index in [4.69, 9.17) is 10.9 Å². The summed E-state index contributed by atoms with van der Waals surface area (Å²) in [4.78, 5) is 0. The van der Waals surface area contributed by atoms with E-state index in [0.29, 0.717) is 6.54 Å². The highest BCUT2D eigenvalue weighted by Gasteiger charge is 1.72. The van der Waals surface area contributed by atoms with Crippen molar-refractivity contribution in [2.24, 2.45) is 10.9 Å². The summed E-state index contributed by atoms with van der Waals surface area (Å²) in [5, 5.41) is 4.96. The van der Waals surface area contributed by atoms with Gasteiger partial charge in [0.2, 0.25) is 0 Å². The zero-order valence-electron chi connectivity index (χ0n) is 3.48. The van der Waals surface area contributed by atoms with Crippen LogP contribution in [0.3, 0.4) is 0 Å². The molecule has 0 heterocycles. The third kappa shape index (κ3) is 4.23. The molecule has 5 N–H and O–H groups in total. The van der Waals surface area contributed by atoms with Gasteiger partial charge in [-0.25, -0.2) is 4.72 Å². The van der Waals surface area contributed by atoms with Crippen LogP contribution in [0.25, 0.3) is 0 Å². The predicted octanol–water partition coefficient (Wildman–Crippen LogP) is -0.943. The number of nitrogens with two attached hydrogens (primary N) is 2. The molecule has 0 fully saturated rings. The van der Waals surface area contributed by atoms with Crippen LogP contribution in [0.4, 0.5) is 0 Å². The zero-order valence-corrected chi connectivity index (χ0v) is 4.29. The second-order valence-corrected chi connectivity index (χ2v) is 1.33. The molecule has 0 aromatic rings. The Bertz CT molecular complexity index is 20.8. The van der Waals surface area contributed by atoms with Crippen molar-refractivity contribution in [3.63, 3.8) is 0 Å². The standard InChI is InChI=1S/C2H9N3S/c3-1-2-5-6-4/h5H,1-4H2. The first kappa shape index (κ1) is 6.23. The minimum Gasteiger partial charge on any atom is -0.329 e. The summed E-state index contributed by atoms with van der Waals surface area (Å²) in [6.45, 7) is 1.42. The van der Waals surface area contributed by atoms with Gasteiger partial charge in [0, 0.05) is 25.2 Å². The van der Waals surface area contributed by atoms with Crippen LogP contribution in [0.1, 0.15) is 0 Å². The van der Waals surface area contributed by atoms with Crippen molar-refractivity contribution in [1.29, 1.82) is 0 Å². The summed E-state index contributed by atoms with van der Waals surface area (Å²) in [6.07, 6.45) is 0. The first-order chi connectivity index (χ1) is 2.91. The van der Waals surface area contributed by atoms with Gasteiger partial charge in [-0.15, -0.1) is 0 Å². The fraction of sp³-hybridized carbons (Fsp3) is 1.00. The Hall–Kier alpha value is 0.230. The van der Waals surface area contributed by atoms with Crippen LogP contribution in [0.5, 0.6) is 0 Å². The first-order valence-corrected chi connectivity index (χ1v) is 2.58. The van der Waals surface area contributed by atoms with Crippen LogP contribution < -0.4 is 15.6 Å². The van der Waals surface area contributed by atoms with E-state index in [2.05, 4.69) is 4.72 Å². The maximum Gasteiger partial charge on any atom is 0.0194 e. The minimum atomic E-state index is 0.643. The van der Waals surface area contributed by atoms with E-state index in [1.165, 1.54) is 0 Å². The highest BCUT2D eigenvalue weighted by Crippen LogP contribution is 1.67. The van der Waals surface area contributed by atoms with E-state index in [1.807, 2.05) is 0 Å². The monoisotopic (exact) mass is 107 g/mol. The van der Waals surface area contributed by atoms with E-state index in [9.17, 15) is 0 Å². The fourth-order valence-corrected chi connectivity index (χ4v) is 0.354. The normalized spacial score (nSPS) is 9.00. The van der Waals surface area contributed by atoms with Crippen LogP contribution in [0, 0.1) is 0 Å². The Morgan fingerprint density at radius 2 is 2.33 bits per heavy atom. The second-order valence-electron chi connectivity index (χ2n) is 0.801. The first-order valence-electron chi connectivity index (χ1n) is 1.70. The molecule has 0 atom stereocenters. The van der Waals surface area contributed by atoms with E-state index in [-0.39, 0.29) is 0 Å². The van der Waals surface area contributed by atoms with Crippen LogP contribution in [-0.2, 0) is 0 Å². The summed E-state index contributed by atoms with van der Waals surface area (Å²) in [6, 6.07) is 0. The topological polar surface area (TPSA) is 64.1 Å². The quantitative estimate of drug-likeness (QED) is 0.321. The SMILES string of the molecule is NCCNSN. The zero-order chi connectivity index (χ0) is 4.83. The highest BCUT2D eigenvalue weighted by atomic mass is 32.2. The van der Waals surface area contributed by atoms with E-state index in [1.54, 1.807) is 0 Å². The number of nitrogens with one attached hydrogen (secondary N) is 1. The van der Waals surface area contributed by atoms with E-state index < -0.39 is 0 Å². The molecule has 0 aliphatic heterocycles. The molecule has 0 aromatic heterocycles.